The molecule has 0 bridgehead atoms. The summed E-state index contributed by atoms with van der Waals surface area (Å²) in [6.07, 6.45) is 0.563. The summed E-state index contributed by atoms with van der Waals surface area (Å²) in [6.45, 7) is 5.21. The first-order chi connectivity index (χ1) is 14.6. The molecule has 0 aliphatic carbocycles. The van der Waals surface area contributed by atoms with Gasteiger partial charge in [-0.1, -0.05) is 48.5 Å². The topological polar surface area (TPSA) is 42.7 Å². The number of para-hydroxylation sites is 1. The predicted octanol–water partition coefficient (Wildman–Crippen LogP) is 5.36. The summed E-state index contributed by atoms with van der Waals surface area (Å²) < 4.78 is 11.9. The van der Waals surface area contributed by atoms with Gasteiger partial charge in [-0.15, -0.1) is 0 Å². The van der Waals surface area contributed by atoms with Crippen molar-refractivity contribution in [3.05, 3.63) is 105 Å². The first-order valence-corrected chi connectivity index (χ1v) is 10.2. The number of rotatable bonds is 3. The van der Waals surface area contributed by atoms with Gasteiger partial charge >= 0.3 is 5.63 Å². The average molecular weight is 397 g/mol. The average Bonchev–Trinajstić information content (AvgIpc) is 2.77. The number of anilines is 1. The second kappa shape index (κ2) is 7.38. The highest BCUT2D eigenvalue weighted by atomic mass is 16.5. The van der Waals surface area contributed by atoms with Crippen molar-refractivity contribution in [1.29, 1.82) is 0 Å². The van der Waals surface area contributed by atoms with E-state index in [4.69, 9.17) is 9.15 Å². The van der Waals surface area contributed by atoms with Crippen LogP contribution >= 0.6 is 0 Å². The predicted molar refractivity (Wildman–Crippen MR) is 119 cm³/mol. The third kappa shape index (κ3) is 3.14. The quantitative estimate of drug-likeness (QED) is 0.437. The van der Waals surface area contributed by atoms with Gasteiger partial charge in [0.05, 0.1) is 12.1 Å². The number of hydrogen-bond donors (Lipinski definition) is 0. The van der Waals surface area contributed by atoms with Crippen LogP contribution in [0, 0.1) is 13.8 Å². The van der Waals surface area contributed by atoms with Gasteiger partial charge in [0, 0.05) is 23.1 Å². The molecule has 0 unspecified atom stereocenters. The molecule has 0 fully saturated rings. The van der Waals surface area contributed by atoms with Crippen LogP contribution in [-0.2, 0) is 13.0 Å². The number of nitrogens with zero attached hydrogens (tertiary/aromatic N) is 1. The minimum atomic E-state index is -0.273. The molecule has 0 amide bonds. The monoisotopic (exact) mass is 397 g/mol. The fourth-order valence-electron chi connectivity index (χ4n) is 4.24. The molecule has 2 heterocycles. The summed E-state index contributed by atoms with van der Waals surface area (Å²) >= 11 is 0. The van der Waals surface area contributed by atoms with Crippen LogP contribution in [0.1, 0.15) is 27.8 Å². The molecule has 1 aliphatic rings. The second-order valence-electron chi connectivity index (χ2n) is 7.83. The zero-order chi connectivity index (χ0) is 20.7. The Labute approximate surface area is 175 Å². The van der Waals surface area contributed by atoms with Crippen molar-refractivity contribution >= 4 is 16.7 Å². The van der Waals surface area contributed by atoms with E-state index >= 15 is 0 Å². The normalized spacial score (nSPS) is 13.2. The molecule has 0 spiro atoms. The van der Waals surface area contributed by atoms with Gasteiger partial charge in [-0.2, -0.15) is 0 Å². The van der Waals surface area contributed by atoms with Gasteiger partial charge in [-0.3, -0.25) is 0 Å². The van der Waals surface area contributed by atoms with Crippen molar-refractivity contribution in [2.45, 2.75) is 26.8 Å². The Morgan fingerprint density at radius 1 is 0.933 bits per heavy atom. The first-order valence-electron chi connectivity index (χ1n) is 10.2. The first kappa shape index (κ1) is 18.5. The summed E-state index contributed by atoms with van der Waals surface area (Å²) in [5.74, 6) is 0.783. The minimum absolute atomic E-state index is 0.273. The standard InChI is InChI=1S/C26H23NO3/c1-17-8-6-7-11-23(17)27-15-22-24(29-16-27)13-12-20-18(2)21(26(28)30-25(20)22)14-19-9-4-3-5-10-19/h3-13H,14-16H2,1-2H3. The van der Waals surface area contributed by atoms with Gasteiger partial charge in [0.2, 0.25) is 0 Å². The maximum Gasteiger partial charge on any atom is 0.340 e. The van der Waals surface area contributed by atoms with Gasteiger partial charge in [-0.05, 0) is 48.7 Å². The van der Waals surface area contributed by atoms with Crippen LogP contribution in [0.3, 0.4) is 0 Å². The Kier molecular flexibility index (Phi) is 4.55. The summed E-state index contributed by atoms with van der Waals surface area (Å²) in [7, 11) is 0. The van der Waals surface area contributed by atoms with Gasteiger partial charge in [0.25, 0.3) is 0 Å². The lowest BCUT2D eigenvalue weighted by Crippen LogP contribution is -2.32. The smallest absolute Gasteiger partial charge is 0.340 e. The number of ether oxygens (including phenoxy) is 1. The number of fused-ring (bicyclic) bond motifs is 3. The Morgan fingerprint density at radius 2 is 1.70 bits per heavy atom. The van der Waals surface area contributed by atoms with Crippen LogP contribution in [0.25, 0.3) is 11.0 Å². The maximum absolute atomic E-state index is 12.9. The van der Waals surface area contributed by atoms with E-state index in [0.29, 0.717) is 30.8 Å². The SMILES string of the molecule is Cc1ccccc1N1COc2ccc3c(C)c(Cc4ccccc4)c(=O)oc3c2C1. The molecule has 0 atom stereocenters. The molecular formula is C26H23NO3. The summed E-state index contributed by atoms with van der Waals surface area (Å²) in [5, 5.41) is 0.967. The molecule has 0 saturated heterocycles. The number of aryl methyl sites for hydroxylation is 2. The minimum Gasteiger partial charge on any atom is -0.473 e. The van der Waals surface area contributed by atoms with E-state index in [1.165, 1.54) is 5.56 Å². The highest BCUT2D eigenvalue weighted by molar-refractivity contribution is 5.86. The maximum atomic E-state index is 12.9. The Balaban J connectivity index is 1.60. The van der Waals surface area contributed by atoms with E-state index in [2.05, 4.69) is 24.0 Å². The highest BCUT2D eigenvalue weighted by Gasteiger charge is 2.24. The Morgan fingerprint density at radius 3 is 2.50 bits per heavy atom. The third-order valence-corrected chi connectivity index (χ3v) is 5.92. The van der Waals surface area contributed by atoms with E-state index in [0.717, 1.165) is 33.5 Å². The molecule has 150 valence electrons. The molecule has 3 aromatic carbocycles. The second-order valence-corrected chi connectivity index (χ2v) is 7.83. The molecule has 5 rings (SSSR count). The van der Waals surface area contributed by atoms with Crippen molar-refractivity contribution in [2.75, 3.05) is 11.6 Å². The van der Waals surface area contributed by atoms with Crippen molar-refractivity contribution in [3.63, 3.8) is 0 Å². The highest BCUT2D eigenvalue weighted by Crippen LogP contribution is 2.36. The molecule has 4 heteroatoms. The van der Waals surface area contributed by atoms with Gasteiger partial charge in [0.15, 0.2) is 6.73 Å². The van der Waals surface area contributed by atoms with E-state index in [1.807, 2.05) is 61.5 Å². The van der Waals surface area contributed by atoms with Gasteiger partial charge < -0.3 is 14.1 Å². The molecule has 0 saturated carbocycles. The molecule has 30 heavy (non-hydrogen) atoms. The molecule has 1 aliphatic heterocycles. The lowest BCUT2D eigenvalue weighted by molar-refractivity contribution is 0.289. The fourth-order valence-corrected chi connectivity index (χ4v) is 4.24. The van der Waals surface area contributed by atoms with Gasteiger partial charge in [-0.25, -0.2) is 4.79 Å². The Hall–Kier alpha value is -3.53. The van der Waals surface area contributed by atoms with Crippen LogP contribution in [0.4, 0.5) is 5.69 Å². The molecular weight excluding hydrogens is 374 g/mol. The van der Waals surface area contributed by atoms with E-state index in [1.54, 1.807) is 0 Å². The zero-order valence-electron chi connectivity index (χ0n) is 17.1. The van der Waals surface area contributed by atoms with Crippen molar-refractivity contribution in [3.8, 4) is 5.75 Å². The summed E-state index contributed by atoms with van der Waals surface area (Å²) in [5.41, 5.74) is 6.37. The van der Waals surface area contributed by atoms with E-state index in [-0.39, 0.29) is 5.63 Å². The zero-order valence-corrected chi connectivity index (χ0v) is 17.1. The third-order valence-electron chi connectivity index (χ3n) is 5.92. The number of benzene rings is 3. The number of hydrogen-bond acceptors (Lipinski definition) is 4. The van der Waals surface area contributed by atoms with E-state index in [9.17, 15) is 4.79 Å². The van der Waals surface area contributed by atoms with E-state index < -0.39 is 0 Å². The summed E-state index contributed by atoms with van der Waals surface area (Å²) in [6, 6.07) is 22.3. The van der Waals surface area contributed by atoms with Crippen molar-refractivity contribution in [2.24, 2.45) is 0 Å². The molecule has 4 nitrogen and oxygen atoms in total. The van der Waals surface area contributed by atoms with Crippen LogP contribution in [0.2, 0.25) is 0 Å². The largest absolute Gasteiger partial charge is 0.473 e. The molecule has 4 aromatic rings. The fraction of sp³-hybridized carbons (Fsp3) is 0.192. The lowest BCUT2D eigenvalue weighted by Gasteiger charge is -2.32. The molecule has 0 radical (unpaired) electrons. The van der Waals surface area contributed by atoms with Crippen molar-refractivity contribution in [1.82, 2.24) is 0 Å². The van der Waals surface area contributed by atoms with Crippen LogP contribution in [-0.4, -0.2) is 6.73 Å². The van der Waals surface area contributed by atoms with Crippen LogP contribution in [0.15, 0.2) is 75.9 Å². The Bertz CT molecular complexity index is 1290. The molecule has 1 aromatic heterocycles. The van der Waals surface area contributed by atoms with Crippen LogP contribution < -0.4 is 15.3 Å². The van der Waals surface area contributed by atoms with Gasteiger partial charge in [0.1, 0.15) is 11.3 Å². The summed E-state index contributed by atoms with van der Waals surface area (Å²) in [4.78, 5) is 15.1. The van der Waals surface area contributed by atoms with Crippen LogP contribution in [0.5, 0.6) is 5.75 Å². The molecule has 0 N–H and O–H groups in total. The van der Waals surface area contributed by atoms with Crippen molar-refractivity contribution < 1.29 is 9.15 Å². The lowest BCUT2D eigenvalue weighted by atomic mass is 9.97.